The molecule has 0 bridgehead atoms. The normalized spacial score (nSPS) is 10.4. The predicted octanol–water partition coefficient (Wildman–Crippen LogP) is 4.86. The van der Waals surface area contributed by atoms with Gasteiger partial charge in [-0.15, -0.1) is 11.3 Å². The fourth-order valence-electron chi connectivity index (χ4n) is 2.25. The molecule has 1 N–H and O–H groups in total. The Morgan fingerprint density at radius 2 is 1.75 bits per heavy atom. The maximum absolute atomic E-state index is 11.5. The van der Waals surface area contributed by atoms with E-state index in [0.29, 0.717) is 16.6 Å². The Morgan fingerprint density at radius 1 is 1.12 bits per heavy atom. The molecule has 0 unspecified atom stereocenters. The molecular weight excluding hydrogens is 344 g/mol. The number of methoxy groups -OCH3 is 1. The molecular formula is C18H15ClN2O2S. The number of esters is 1. The first kappa shape index (κ1) is 16.5. The maximum atomic E-state index is 11.5. The van der Waals surface area contributed by atoms with Gasteiger partial charge in [-0.3, -0.25) is 0 Å². The summed E-state index contributed by atoms with van der Waals surface area (Å²) in [7, 11) is 1.38. The van der Waals surface area contributed by atoms with E-state index >= 15 is 0 Å². The average Bonchev–Trinajstić information content (AvgIpc) is 3.05. The molecule has 122 valence electrons. The van der Waals surface area contributed by atoms with Crippen molar-refractivity contribution in [2.24, 2.45) is 0 Å². The summed E-state index contributed by atoms with van der Waals surface area (Å²) in [4.78, 5) is 16.6. The molecule has 0 fully saturated rings. The summed E-state index contributed by atoms with van der Waals surface area (Å²) >= 11 is 7.29. The van der Waals surface area contributed by atoms with Crippen molar-refractivity contribution in [2.45, 2.75) is 6.54 Å². The van der Waals surface area contributed by atoms with Gasteiger partial charge in [-0.25, -0.2) is 9.78 Å². The summed E-state index contributed by atoms with van der Waals surface area (Å²) in [5, 5.41) is 3.34. The molecule has 3 rings (SSSR count). The summed E-state index contributed by atoms with van der Waals surface area (Å²) in [6.45, 7) is 0.692. The van der Waals surface area contributed by atoms with Crippen LogP contribution in [0.25, 0.3) is 11.1 Å². The Morgan fingerprint density at radius 3 is 2.29 bits per heavy atom. The van der Waals surface area contributed by atoms with Crippen molar-refractivity contribution in [3.8, 4) is 11.1 Å². The highest BCUT2D eigenvalue weighted by Crippen LogP contribution is 2.23. The van der Waals surface area contributed by atoms with Crippen molar-refractivity contribution >= 4 is 34.6 Å². The van der Waals surface area contributed by atoms with Crippen molar-refractivity contribution in [2.75, 3.05) is 12.4 Å². The van der Waals surface area contributed by atoms with Gasteiger partial charge in [-0.1, -0.05) is 35.9 Å². The number of benzene rings is 2. The van der Waals surface area contributed by atoms with Crippen LogP contribution in [0.1, 0.15) is 15.2 Å². The van der Waals surface area contributed by atoms with E-state index in [4.69, 9.17) is 16.3 Å². The fraction of sp³-hybridized carbons (Fsp3) is 0.111. The van der Waals surface area contributed by atoms with Crippen LogP contribution in [0, 0.1) is 0 Å². The number of aromatic nitrogens is 1. The van der Waals surface area contributed by atoms with Crippen LogP contribution in [0.3, 0.4) is 0 Å². The van der Waals surface area contributed by atoms with Gasteiger partial charge in [0, 0.05) is 16.8 Å². The Bertz CT molecular complexity index is 829. The highest BCUT2D eigenvalue weighted by Gasteiger charge is 2.05. The molecule has 0 atom stereocenters. The van der Waals surface area contributed by atoms with Crippen molar-refractivity contribution in [1.82, 2.24) is 4.98 Å². The molecule has 0 aliphatic heterocycles. The SMILES string of the molecule is COC(=O)c1ccc(-c2ccc(NCc3cnc(Cl)s3)cc2)cc1. The summed E-state index contributed by atoms with van der Waals surface area (Å²) in [5.41, 5.74) is 3.69. The molecule has 0 saturated heterocycles. The summed E-state index contributed by atoms with van der Waals surface area (Å²) in [6, 6.07) is 15.5. The van der Waals surface area contributed by atoms with Crippen LogP contribution in [0.2, 0.25) is 4.47 Å². The van der Waals surface area contributed by atoms with Gasteiger partial charge >= 0.3 is 5.97 Å². The van der Waals surface area contributed by atoms with Crippen LogP contribution in [0.5, 0.6) is 0 Å². The molecule has 0 aliphatic carbocycles. The van der Waals surface area contributed by atoms with Gasteiger partial charge in [-0.2, -0.15) is 0 Å². The topological polar surface area (TPSA) is 51.2 Å². The largest absolute Gasteiger partial charge is 0.465 e. The summed E-state index contributed by atoms with van der Waals surface area (Å²) in [6.07, 6.45) is 1.78. The van der Waals surface area contributed by atoms with Crippen LogP contribution in [0.15, 0.2) is 54.7 Å². The van der Waals surface area contributed by atoms with Gasteiger partial charge < -0.3 is 10.1 Å². The van der Waals surface area contributed by atoms with E-state index in [9.17, 15) is 4.79 Å². The predicted molar refractivity (Wildman–Crippen MR) is 97.7 cm³/mol. The molecule has 6 heteroatoms. The Kier molecular flexibility index (Phi) is 5.13. The van der Waals surface area contributed by atoms with Gasteiger partial charge in [0.25, 0.3) is 0 Å². The second kappa shape index (κ2) is 7.47. The zero-order valence-electron chi connectivity index (χ0n) is 13.0. The first-order valence-electron chi connectivity index (χ1n) is 7.28. The zero-order chi connectivity index (χ0) is 16.9. The molecule has 0 amide bonds. The lowest BCUT2D eigenvalue weighted by molar-refractivity contribution is 0.0601. The second-order valence-corrected chi connectivity index (χ2v) is 6.78. The number of carbonyl (C=O) groups is 1. The average molecular weight is 359 g/mol. The number of rotatable bonds is 5. The molecule has 0 saturated carbocycles. The molecule has 3 aromatic rings. The van der Waals surface area contributed by atoms with Gasteiger partial charge in [0.2, 0.25) is 0 Å². The van der Waals surface area contributed by atoms with Gasteiger partial charge in [0.05, 0.1) is 19.2 Å². The van der Waals surface area contributed by atoms with Crippen LogP contribution < -0.4 is 5.32 Å². The fourth-order valence-corrected chi connectivity index (χ4v) is 3.17. The van der Waals surface area contributed by atoms with E-state index in [1.807, 2.05) is 36.4 Å². The zero-order valence-corrected chi connectivity index (χ0v) is 14.5. The number of nitrogens with zero attached hydrogens (tertiary/aromatic N) is 1. The molecule has 0 aliphatic rings. The lowest BCUT2D eigenvalue weighted by atomic mass is 10.0. The van der Waals surface area contributed by atoms with Gasteiger partial charge in [0.15, 0.2) is 4.47 Å². The Balaban J connectivity index is 1.66. The first-order valence-corrected chi connectivity index (χ1v) is 8.48. The quantitative estimate of drug-likeness (QED) is 0.661. The minimum absolute atomic E-state index is 0.329. The number of carbonyl (C=O) groups excluding carboxylic acids is 1. The van der Waals surface area contributed by atoms with E-state index in [0.717, 1.165) is 21.7 Å². The minimum atomic E-state index is -0.329. The Labute approximate surface area is 149 Å². The monoisotopic (exact) mass is 358 g/mol. The molecule has 4 nitrogen and oxygen atoms in total. The summed E-state index contributed by atoms with van der Waals surface area (Å²) < 4.78 is 5.26. The maximum Gasteiger partial charge on any atom is 0.337 e. The number of ether oxygens (including phenoxy) is 1. The van der Waals surface area contributed by atoms with E-state index in [1.165, 1.54) is 18.4 Å². The van der Waals surface area contributed by atoms with E-state index < -0.39 is 0 Å². The van der Waals surface area contributed by atoms with Crippen molar-refractivity contribution < 1.29 is 9.53 Å². The van der Waals surface area contributed by atoms with E-state index in [1.54, 1.807) is 18.3 Å². The van der Waals surface area contributed by atoms with Crippen LogP contribution in [0.4, 0.5) is 5.69 Å². The molecule has 0 spiro atoms. The second-order valence-electron chi connectivity index (χ2n) is 5.08. The lowest BCUT2D eigenvalue weighted by Crippen LogP contribution is -2.00. The van der Waals surface area contributed by atoms with Crippen molar-refractivity contribution in [3.05, 3.63) is 69.6 Å². The molecule has 0 radical (unpaired) electrons. The lowest BCUT2D eigenvalue weighted by Gasteiger charge is -2.07. The van der Waals surface area contributed by atoms with E-state index in [2.05, 4.69) is 10.3 Å². The van der Waals surface area contributed by atoms with Gasteiger partial charge in [-0.05, 0) is 35.4 Å². The number of nitrogens with one attached hydrogen (secondary N) is 1. The third-order valence-corrected chi connectivity index (χ3v) is 4.63. The number of halogens is 1. The molecule has 1 aromatic heterocycles. The van der Waals surface area contributed by atoms with Crippen LogP contribution in [-0.4, -0.2) is 18.1 Å². The number of hydrogen-bond acceptors (Lipinski definition) is 5. The molecule has 2 aromatic carbocycles. The number of thiazole rings is 1. The summed E-state index contributed by atoms with van der Waals surface area (Å²) in [5.74, 6) is -0.329. The highest BCUT2D eigenvalue weighted by atomic mass is 35.5. The third kappa shape index (κ3) is 3.93. The minimum Gasteiger partial charge on any atom is -0.465 e. The van der Waals surface area contributed by atoms with Crippen molar-refractivity contribution in [3.63, 3.8) is 0 Å². The number of hydrogen-bond donors (Lipinski definition) is 1. The molecule has 24 heavy (non-hydrogen) atoms. The third-order valence-electron chi connectivity index (χ3n) is 3.52. The smallest absolute Gasteiger partial charge is 0.337 e. The Hall–Kier alpha value is -2.37. The number of anilines is 1. The molecule has 1 heterocycles. The van der Waals surface area contributed by atoms with Crippen molar-refractivity contribution in [1.29, 1.82) is 0 Å². The van der Waals surface area contributed by atoms with E-state index in [-0.39, 0.29) is 5.97 Å². The standard InChI is InChI=1S/C18H15ClN2O2S/c1-23-17(22)14-4-2-12(3-5-14)13-6-8-15(9-7-13)20-10-16-11-21-18(19)24-16/h2-9,11,20H,10H2,1H3. The van der Waals surface area contributed by atoms with Crippen LogP contribution in [-0.2, 0) is 11.3 Å². The first-order chi connectivity index (χ1) is 11.7. The highest BCUT2D eigenvalue weighted by molar-refractivity contribution is 7.15. The van der Waals surface area contributed by atoms with Crippen LogP contribution >= 0.6 is 22.9 Å². The van der Waals surface area contributed by atoms with Gasteiger partial charge in [0.1, 0.15) is 0 Å².